The lowest BCUT2D eigenvalue weighted by molar-refractivity contribution is 0.0951. The Kier molecular flexibility index (Phi) is 6.29. The maximum atomic E-state index is 13.3. The first-order valence-electron chi connectivity index (χ1n) is 11.3. The molecule has 0 radical (unpaired) electrons. The number of aromatic nitrogens is 4. The highest BCUT2D eigenvalue weighted by Crippen LogP contribution is 2.23. The predicted octanol–water partition coefficient (Wildman–Crippen LogP) is 4.77. The molecule has 168 valence electrons. The zero-order valence-corrected chi connectivity index (χ0v) is 18.7. The molecule has 0 spiro atoms. The average Bonchev–Trinajstić information content (AvgIpc) is 3.55. The number of carbonyl (C=O) groups excluding carboxylic acids is 1. The van der Waals surface area contributed by atoms with Gasteiger partial charge in [-0.05, 0) is 22.8 Å². The minimum atomic E-state index is -0.146. The Morgan fingerprint density at radius 1 is 0.765 bits per heavy atom. The molecule has 5 rings (SSSR count). The molecular formula is C28H25N5O. The van der Waals surface area contributed by atoms with E-state index in [4.69, 9.17) is 5.10 Å². The van der Waals surface area contributed by atoms with E-state index < -0.39 is 0 Å². The average molecular weight is 448 g/mol. The summed E-state index contributed by atoms with van der Waals surface area (Å²) >= 11 is 0. The van der Waals surface area contributed by atoms with Crippen LogP contribution in [0.4, 0.5) is 0 Å². The van der Waals surface area contributed by atoms with E-state index in [1.165, 1.54) is 0 Å². The largest absolute Gasteiger partial charge is 0.348 e. The Morgan fingerprint density at radius 2 is 1.47 bits per heavy atom. The number of carbonyl (C=O) groups is 1. The predicted molar refractivity (Wildman–Crippen MR) is 132 cm³/mol. The molecule has 0 atom stereocenters. The minimum absolute atomic E-state index is 0.146. The van der Waals surface area contributed by atoms with Crippen LogP contribution in [-0.4, -0.2) is 25.5 Å². The Balaban J connectivity index is 1.38. The van der Waals surface area contributed by atoms with Crippen molar-refractivity contribution in [3.8, 4) is 11.3 Å². The summed E-state index contributed by atoms with van der Waals surface area (Å²) in [6, 6.07) is 29.9. The van der Waals surface area contributed by atoms with Crippen LogP contribution in [0.1, 0.15) is 27.0 Å². The number of hydrogen-bond donors (Lipinski definition) is 1. The first-order valence-corrected chi connectivity index (χ1v) is 11.3. The molecule has 0 aliphatic heterocycles. The van der Waals surface area contributed by atoms with Gasteiger partial charge in [0.1, 0.15) is 5.69 Å². The summed E-state index contributed by atoms with van der Waals surface area (Å²) in [5, 5.41) is 12.2. The maximum absolute atomic E-state index is 13.3. The van der Waals surface area contributed by atoms with Crippen molar-refractivity contribution in [3.05, 3.63) is 132 Å². The fourth-order valence-electron chi connectivity index (χ4n) is 3.97. The second kappa shape index (κ2) is 10.0. The van der Waals surface area contributed by atoms with E-state index in [0.29, 0.717) is 30.9 Å². The van der Waals surface area contributed by atoms with Gasteiger partial charge in [-0.15, -0.1) is 0 Å². The fraction of sp³-hybridized carbons (Fsp3) is 0.107. The molecule has 1 N–H and O–H groups in total. The van der Waals surface area contributed by atoms with Crippen molar-refractivity contribution in [1.82, 2.24) is 24.9 Å². The van der Waals surface area contributed by atoms with Crippen molar-refractivity contribution < 1.29 is 4.79 Å². The van der Waals surface area contributed by atoms with Gasteiger partial charge in [-0.2, -0.15) is 10.2 Å². The lowest BCUT2D eigenvalue weighted by Gasteiger charge is -2.11. The SMILES string of the molecule is O=C(NCc1ccccc1Cn1cccn1)c1cn(Cc2ccccc2)nc1-c1ccccc1. The van der Waals surface area contributed by atoms with Gasteiger partial charge < -0.3 is 5.32 Å². The number of benzene rings is 3. The van der Waals surface area contributed by atoms with Crippen molar-refractivity contribution in [3.63, 3.8) is 0 Å². The zero-order chi connectivity index (χ0) is 23.2. The molecule has 0 unspecified atom stereocenters. The summed E-state index contributed by atoms with van der Waals surface area (Å²) in [5.74, 6) is -0.146. The van der Waals surface area contributed by atoms with E-state index in [-0.39, 0.29) is 5.91 Å². The van der Waals surface area contributed by atoms with Crippen LogP contribution in [0.3, 0.4) is 0 Å². The molecule has 6 heteroatoms. The maximum Gasteiger partial charge on any atom is 0.255 e. The van der Waals surface area contributed by atoms with E-state index >= 15 is 0 Å². The first kappa shape index (κ1) is 21.4. The molecule has 0 aliphatic rings. The van der Waals surface area contributed by atoms with E-state index in [0.717, 1.165) is 22.3 Å². The molecule has 2 heterocycles. The fourth-order valence-corrected chi connectivity index (χ4v) is 3.97. The summed E-state index contributed by atoms with van der Waals surface area (Å²) in [6.07, 6.45) is 5.53. The van der Waals surface area contributed by atoms with E-state index in [2.05, 4.69) is 28.6 Å². The van der Waals surface area contributed by atoms with Crippen molar-refractivity contribution in [2.45, 2.75) is 19.6 Å². The van der Waals surface area contributed by atoms with Crippen molar-refractivity contribution in [2.24, 2.45) is 0 Å². The van der Waals surface area contributed by atoms with Crippen molar-refractivity contribution in [2.75, 3.05) is 0 Å². The van der Waals surface area contributed by atoms with Gasteiger partial charge in [-0.3, -0.25) is 14.2 Å². The molecule has 0 aliphatic carbocycles. The number of amides is 1. The summed E-state index contributed by atoms with van der Waals surface area (Å²) in [6.45, 7) is 1.68. The monoisotopic (exact) mass is 447 g/mol. The smallest absolute Gasteiger partial charge is 0.255 e. The van der Waals surface area contributed by atoms with Crippen molar-refractivity contribution >= 4 is 5.91 Å². The molecular weight excluding hydrogens is 422 g/mol. The molecule has 34 heavy (non-hydrogen) atoms. The highest BCUT2D eigenvalue weighted by atomic mass is 16.1. The second-order valence-corrected chi connectivity index (χ2v) is 8.10. The number of hydrogen-bond acceptors (Lipinski definition) is 3. The lowest BCUT2D eigenvalue weighted by Crippen LogP contribution is -2.24. The van der Waals surface area contributed by atoms with Crippen LogP contribution >= 0.6 is 0 Å². The Labute approximate surface area is 198 Å². The number of nitrogens with zero attached hydrogens (tertiary/aromatic N) is 4. The summed E-state index contributed by atoms with van der Waals surface area (Å²) < 4.78 is 3.71. The third-order valence-electron chi connectivity index (χ3n) is 5.69. The molecule has 5 aromatic rings. The molecule has 3 aromatic carbocycles. The van der Waals surface area contributed by atoms with E-state index in [1.807, 2.05) is 94.6 Å². The Hall–Kier alpha value is -4.45. The van der Waals surface area contributed by atoms with Crippen LogP contribution in [0.25, 0.3) is 11.3 Å². The van der Waals surface area contributed by atoms with E-state index in [9.17, 15) is 4.79 Å². The van der Waals surface area contributed by atoms with Gasteiger partial charge in [0.05, 0.1) is 18.7 Å². The van der Waals surface area contributed by atoms with Gasteiger partial charge in [0, 0.05) is 30.7 Å². The minimum Gasteiger partial charge on any atom is -0.348 e. The van der Waals surface area contributed by atoms with Crippen LogP contribution in [0.5, 0.6) is 0 Å². The summed E-state index contributed by atoms with van der Waals surface area (Å²) in [7, 11) is 0. The number of nitrogens with one attached hydrogen (secondary N) is 1. The Morgan fingerprint density at radius 3 is 2.21 bits per heavy atom. The first-order chi connectivity index (χ1) is 16.8. The topological polar surface area (TPSA) is 64.7 Å². The third kappa shape index (κ3) is 4.96. The van der Waals surface area contributed by atoms with Gasteiger partial charge in [0.15, 0.2) is 0 Å². The highest BCUT2D eigenvalue weighted by Gasteiger charge is 2.18. The van der Waals surface area contributed by atoms with Crippen LogP contribution < -0.4 is 5.32 Å². The number of rotatable bonds is 8. The molecule has 0 bridgehead atoms. The van der Waals surface area contributed by atoms with Gasteiger partial charge in [-0.25, -0.2) is 0 Å². The second-order valence-electron chi connectivity index (χ2n) is 8.10. The van der Waals surface area contributed by atoms with Crippen LogP contribution in [0.15, 0.2) is 110 Å². The van der Waals surface area contributed by atoms with Gasteiger partial charge in [0.25, 0.3) is 5.91 Å². The standard InChI is InChI=1S/C28H25N5O/c34-28(29-18-24-14-7-8-15-25(24)20-32-17-9-16-30-32)26-21-33(19-22-10-3-1-4-11-22)31-27(26)23-12-5-2-6-13-23/h1-17,21H,18-20H2,(H,29,34). The quantitative estimate of drug-likeness (QED) is 0.373. The third-order valence-corrected chi connectivity index (χ3v) is 5.69. The lowest BCUT2D eigenvalue weighted by atomic mass is 10.1. The zero-order valence-electron chi connectivity index (χ0n) is 18.7. The van der Waals surface area contributed by atoms with Gasteiger partial charge in [-0.1, -0.05) is 84.9 Å². The normalized spacial score (nSPS) is 10.8. The molecule has 2 aromatic heterocycles. The molecule has 0 saturated carbocycles. The summed E-state index contributed by atoms with van der Waals surface area (Å²) in [5.41, 5.74) is 5.46. The van der Waals surface area contributed by atoms with Crippen LogP contribution in [0.2, 0.25) is 0 Å². The van der Waals surface area contributed by atoms with Gasteiger partial charge >= 0.3 is 0 Å². The van der Waals surface area contributed by atoms with Crippen LogP contribution in [0, 0.1) is 0 Å². The van der Waals surface area contributed by atoms with Crippen LogP contribution in [-0.2, 0) is 19.6 Å². The highest BCUT2D eigenvalue weighted by molar-refractivity contribution is 5.99. The van der Waals surface area contributed by atoms with Gasteiger partial charge in [0.2, 0.25) is 0 Å². The molecule has 0 fully saturated rings. The summed E-state index contributed by atoms with van der Waals surface area (Å²) in [4.78, 5) is 13.3. The Bertz CT molecular complexity index is 1360. The molecule has 1 amide bonds. The van der Waals surface area contributed by atoms with E-state index in [1.54, 1.807) is 6.20 Å². The van der Waals surface area contributed by atoms with Crippen molar-refractivity contribution in [1.29, 1.82) is 0 Å². The molecule has 0 saturated heterocycles. The molecule has 6 nitrogen and oxygen atoms in total.